The Hall–Kier alpha value is -2.04. The predicted molar refractivity (Wildman–Crippen MR) is 109 cm³/mol. The number of amidine groups is 1. The number of hydrogen-bond donors (Lipinski definition) is 2. The molecule has 0 aliphatic carbocycles. The predicted octanol–water partition coefficient (Wildman–Crippen LogP) is 4.49. The summed E-state index contributed by atoms with van der Waals surface area (Å²) >= 11 is 6.46. The summed E-state index contributed by atoms with van der Waals surface area (Å²) in [5.41, 5.74) is 3.36. The number of para-hydroxylation sites is 1. The lowest BCUT2D eigenvalue weighted by Gasteiger charge is -2.39. The number of fused-ring (bicyclic) bond motifs is 1. The largest absolute Gasteiger partial charge is 0.359 e. The highest BCUT2D eigenvalue weighted by Gasteiger charge is 2.38. The fraction of sp³-hybridized carbons (Fsp3) is 0.381. The zero-order chi connectivity index (χ0) is 18.3. The Morgan fingerprint density at radius 3 is 2.58 bits per heavy atom. The first-order valence-corrected chi connectivity index (χ1v) is 9.51. The number of nitrogens with one attached hydrogen (secondary N) is 2. The first-order valence-electron chi connectivity index (χ1n) is 9.13. The van der Waals surface area contributed by atoms with Crippen molar-refractivity contribution in [2.24, 2.45) is 10.4 Å². The monoisotopic (exact) mass is 368 g/mol. The third-order valence-electron chi connectivity index (χ3n) is 5.01. The minimum absolute atomic E-state index is 0.110. The highest BCUT2D eigenvalue weighted by atomic mass is 35.5. The maximum atomic E-state index is 6.46. The van der Waals surface area contributed by atoms with Crippen LogP contribution in [0.5, 0.6) is 0 Å². The van der Waals surface area contributed by atoms with Crippen LogP contribution in [0.15, 0.2) is 53.5 Å². The second-order valence-corrected chi connectivity index (χ2v) is 8.39. The van der Waals surface area contributed by atoms with Gasteiger partial charge in [0.15, 0.2) is 0 Å². The summed E-state index contributed by atoms with van der Waals surface area (Å²) in [5.74, 6) is 1.04. The summed E-state index contributed by atoms with van der Waals surface area (Å²) in [5, 5.41) is 7.92. The minimum Gasteiger partial charge on any atom is -0.359 e. The molecule has 1 fully saturated rings. The van der Waals surface area contributed by atoms with Gasteiger partial charge in [0, 0.05) is 34.9 Å². The Kier molecular flexibility index (Phi) is 4.41. The van der Waals surface area contributed by atoms with Gasteiger partial charge in [0.05, 0.1) is 6.17 Å². The third-order valence-corrected chi connectivity index (χ3v) is 5.35. The van der Waals surface area contributed by atoms with Crippen LogP contribution >= 0.6 is 11.6 Å². The van der Waals surface area contributed by atoms with Gasteiger partial charge in [-0.05, 0) is 23.6 Å². The molecular weight excluding hydrogens is 344 g/mol. The van der Waals surface area contributed by atoms with Crippen molar-refractivity contribution in [2.45, 2.75) is 33.1 Å². The first kappa shape index (κ1) is 17.4. The number of benzene rings is 2. The van der Waals surface area contributed by atoms with Crippen molar-refractivity contribution in [2.75, 3.05) is 18.4 Å². The normalized spacial score (nSPS) is 22.6. The lowest BCUT2D eigenvalue weighted by atomic mass is 9.91. The number of rotatable bonds is 1. The molecular formula is C21H25ClN4. The Morgan fingerprint density at radius 2 is 1.81 bits per heavy atom. The lowest BCUT2D eigenvalue weighted by molar-refractivity contribution is 0.188. The van der Waals surface area contributed by atoms with Gasteiger partial charge in [-0.1, -0.05) is 62.7 Å². The summed E-state index contributed by atoms with van der Waals surface area (Å²) in [6.07, 6.45) is 0.0640. The fourth-order valence-electron chi connectivity index (χ4n) is 3.81. The van der Waals surface area contributed by atoms with E-state index in [2.05, 4.69) is 60.6 Å². The van der Waals surface area contributed by atoms with Gasteiger partial charge < -0.3 is 10.2 Å². The van der Waals surface area contributed by atoms with Crippen molar-refractivity contribution in [3.05, 3.63) is 64.7 Å². The topological polar surface area (TPSA) is 39.7 Å². The molecule has 4 rings (SSSR count). The maximum absolute atomic E-state index is 6.46. The van der Waals surface area contributed by atoms with E-state index in [-0.39, 0.29) is 17.7 Å². The highest BCUT2D eigenvalue weighted by Crippen LogP contribution is 2.36. The molecule has 2 aromatic rings. The molecule has 5 heteroatoms. The van der Waals surface area contributed by atoms with E-state index in [0.717, 1.165) is 40.8 Å². The van der Waals surface area contributed by atoms with Crippen LogP contribution in [-0.2, 0) is 0 Å². The smallest absolute Gasteiger partial charge is 0.148 e. The molecule has 0 spiro atoms. The van der Waals surface area contributed by atoms with Crippen molar-refractivity contribution in [3.8, 4) is 0 Å². The molecule has 0 saturated carbocycles. The number of hydrogen-bond acceptors (Lipinski definition) is 4. The summed E-state index contributed by atoms with van der Waals surface area (Å²) in [4.78, 5) is 7.51. The van der Waals surface area contributed by atoms with Gasteiger partial charge in [0.1, 0.15) is 12.0 Å². The van der Waals surface area contributed by atoms with Gasteiger partial charge in [-0.15, -0.1) is 0 Å². The van der Waals surface area contributed by atoms with E-state index in [1.807, 2.05) is 24.3 Å². The molecule has 2 N–H and O–H groups in total. The third kappa shape index (κ3) is 3.08. The van der Waals surface area contributed by atoms with Crippen LogP contribution in [0.2, 0.25) is 5.02 Å². The van der Waals surface area contributed by atoms with Crippen LogP contribution in [0.1, 0.15) is 38.1 Å². The Morgan fingerprint density at radius 1 is 1.08 bits per heavy atom. The van der Waals surface area contributed by atoms with E-state index in [0.29, 0.717) is 0 Å². The van der Waals surface area contributed by atoms with Crippen molar-refractivity contribution in [3.63, 3.8) is 0 Å². The first-order chi connectivity index (χ1) is 12.4. The molecule has 26 heavy (non-hydrogen) atoms. The average molecular weight is 369 g/mol. The van der Waals surface area contributed by atoms with Crippen molar-refractivity contribution in [1.82, 2.24) is 10.2 Å². The highest BCUT2D eigenvalue weighted by molar-refractivity contribution is 6.31. The second-order valence-electron chi connectivity index (χ2n) is 7.98. The van der Waals surface area contributed by atoms with Gasteiger partial charge in [-0.3, -0.25) is 5.32 Å². The minimum atomic E-state index is -0.185. The van der Waals surface area contributed by atoms with E-state index >= 15 is 0 Å². The molecule has 4 nitrogen and oxygen atoms in total. The van der Waals surface area contributed by atoms with Gasteiger partial charge in [0.25, 0.3) is 0 Å². The summed E-state index contributed by atoms with van der Waals surface area (Å²) < 4.78 is 0. The lowest BCUT2D eigenvalue weighted by Crippen LogP contribution is -2.49. The maximum Gasteiger partial charge on any atom is 0.148 e. The summed E-state index contributed by atoms with van der Waals surface area (Å²) in [6.45, 7) is 8.71. The van der Waals surface area contributed by atoms with E-state index in [1.165, 1.54) is 0 Å². The fourth-order valence-corrected chi connectivity index (χ4v) is 4.05. The van der Waals surface area contributed by atoms with E-state index < -0.39 is 0 Å². The molecule has 2 heterocycles. The zero-order valence-corrected chi connectivity index (χ0v) is 16.2. The Labute approximate surface area is 160 Å². The molecule has 0 aromatic heterocycles. The molecule has 2 aliphatic rings. The van der Waals surface area contributed by atoms with E-state index in [1.54, 1.807) is 0 Å². The van der Waals surface area contributed by atoms with Crippen LogP contribution in [0.4, 0.5) is 5.69 Å². The van der Waals surface area contributed by atoms with E-state index in [9.17, 15) is 0 Å². The molecule has 0 radical (unpaired) electrons. The van der Waals surface area contributed by atoms with Crippen LogP contribution < -0.4 is 10.6 Å². The Balaban J connectivity index is 1.80. The number of anilines is 1. The van der Waals surface area contributed by atoms with Crippen LogP contribution in [0.3, 0.4) is 0 Å². The van der Waals surface area contributed by atoms with Crippen LogP contribution in [-0.4, -0.2) is 30.0 Å². The van der Waals surface area contributed by atoms with Gasteiger partial charge in [-0.25, -0.2) is 4.99 Å². The Bertz CT molecular complexity index is 840. The van der Waals surface area contributed by atoms with Gasteiger partial charge in [0.2, 0.25) is 0 Å². The van der Waals surface area contributed by atoms with E-state index in [4.69, 9.17) is 16.6 Å². The molecule has 2 aromatic carbocycles. The summed E-state index contributed by atoms with van der Waals surface area (Å²) in [6, 6.07) is 16.3. The zero-order valence-electron chi connectivity index (χ0n) is 15.5. The molecule has 2 aliphatic heterocycles. The van der Waals surface area contributed by atoms with Gasteiger partial charge >= 0.3 is 0 Å². The summed E-state index contributed by atoms with van der Waals surface area (Å²) in [7, 11) is 0. The van der Waals surface area contributed by atoms with Crippen molar-refractivity contribution >= 4 is 23.1 Å². The molecule has 2 atom stereocenters. The standard InChI is InChI=1S/C21H25ClN4/c1-21(2,3)20-23-12-13-26(20)19-15-9-5-7-11-17(15)24-18(25-19)14-8-4-6-10-16(14)22/h4-11,18,20,23-24H,12-13H2,1-3H3. The molecule has 1 saturated heterocycles. The second kappa shape index (κ2) is 6.60. The quantitative estimate of drug-likeness (QED) is 0.779. The van der Waals surface area contributed by atoms with Crippen molar-refractivity contribution in [1.29, 1.82) is 0 Å². The average Bonchev–Trinajstić information content (AvgIpc) is 3.11. The van der Waals surface area contributed by atoms with Crippen molar-refractivity contribution < 1.29 is 0 Å². The SMILES string of the molecule is CC(C)(C)C1NCCN1C1=NC(c2ccccc2Cl)Nc2ccccc21. The van der Waals surface area contributed by atoms with Gasteiger partial charge in [-0.2, -0.15) is 0 Å². The van der Waals surface area contributed by atoms with Crippen LogP contribution in [0.25, 0.3) is 0 Å². The molecule has 2 unspecified atom stereocenters. The number of halogens is 1. The number of aliphatic imine (C=N–C) groups is 1. The molecule has 0 bridgehead atoms. The van der Waals surface area contributed by atoms with Crippen LogP contribution in [0, 0.1) is 5.41 Å². The molecule has 136 valence electrons. The molecule has 0 amide bonds. The number of nitrogens with zero attached hydrogens (tertiary/aromatic N) is 2.